The average Bonchev–Trinajstić information content (AvgIpc) is 2.32. The first-order valence-electron chi connectivity index (χ1n) is 6.96. The van der Waals surface area contributed by atoms with E-state index in [9.17, 15) is 0 Å². The second-order valence-electron chi connectivity index (χ2n) is 6.39. The van der Waals surface area contributed by atoms with E-state index in [0.717, 1.165) is 19.6 Å². The lowest BCUT2D eigenvalue weighted by molar-refractivity contribution is 0.177. The molecule has 18 heavy (non-hydrogen) atoms. The Balaban J connectivity index is 2.18. The fourth-order valence-electron chi connectivity index (χ4n) is 2.78. The second kappa shape index (κ2) is 4.93. The van der Waals surface area contributed by atoms with Gasteiger partial charge in [0.05, 0.1) is 0 Å². The van der Waals surface area contributed by atoms with Crippen LogP contribution in [0, 0.1) is 25.2 Å². The lowest BCUT2D eigenvalue weighted by Crippen LogP contribution is -2.47. The van der Waals surface area contributed by atoms with E-state index in [0.29, 0.717) is 11.3 Å². The molecule has 1 fully saturated rings. The maximum Gasteiger partial charge on any atom is 0.0369 e. The molecule has 0 amide bonds. The molecule has 1 atom stereocenters. The number of aryl methyl sites for hydroxylation is 2. The van der Waals surface area contributed by atoms with E-state index in [2.05, 4.69) is 50.8 Å². The Labute approximate surface area is 111 Å². The van der Waals surface area contributed by atoms with Gasteiger partial charge in [-0.3, -0.25) is 0 Å². The van der Waals surface area contributed by atoms with Crippen molar-refractivity contribution in [3.05, 3.63) is 29.3 Å². The molecule has 100 valence electrons. The number of rotatable bonds is 2. The molecule has 1 aliphatic rings. The molecule has 2 N–H and O–H groups in total. The third kappa shape index (κ3) is 2.54. The fraction of sp³-hybridized carbons (Fsp3) is 0.625. The summed E-state index contributed by atoms with van der Waals surface area (Å²) in [7, 11) is 0. The molecule has 0 aromatic heterocycles. The zero-order valence-electron chi connectivity index (χ0n) is 12.2. The summed E-state index contributed by atoms with van der Waals surface area (Å²) >= 11 is 0. The number of benzene rings is 1. The van der Waals surface area contributed by atoms with Crippen molar-refractivity contribution in [3.63, 3.8) is 0 Å². The van der Waals surface area contributed by atoms with Gasteiger partial charge in [0.2, 0.25) is 0 Å². The quantitative estimate of drug-likeness (QED) is 0.868. The molecule has 1 aromatic rings. The molecule has 2 heteroatoms. The van der Waals surface area contributed by atoms with Crippen molar-refractivity contribution < 1.29 is 0 Å². The van der Waals surface area contributed by atoms with Gasteiger partial charge in [0.25, 0.3) is 0 Å². The van der Waals surface area contributed by atoms with E-state index < -0.39 is 0 Å². The lowest BCUT2D eigenvalue weighted by atomic mass is 9.73. The summed E-state index contributed by atoms with van der Waals surface area (Å²) in [5, 5.41) is 0. The smallest absolute Gasteiger partial charge is 0.0369 e. The number of anilines is 1. The van der Waals surface area contributed by atoms with E-state index in [4.69, 9.17) is 5.73 Å². The Morgan fingerprint density at radius 3 is 2.61 bits per heavy atom. The molecule has 2 rings (SSSR count). The number of nitrogens with two attached hydrogens (primary N) is 1. The summed E-state index contributed by atoms with van der Waals surface area (Å²) in [4.78, 5) is 2.50. The molecular weight excluding hydrogens is 220 g/mol. The highest BCUT2D eigenvalue weighted by molar-refractivity contribution is 5.51. The highest BCUT2D eigenvalue weighted by Gasteiger charge is 2.34. The van der Waals surface area contributed by atoms with Crippen LogP contribution in [0.5, 0.6) is 0 Å². The van der Waals surface area contributed by atoms with E-state index in [1.807, 2.05) is 0 Å². The highest BCUT2D eigenvalue weighted by Crippen LogP contribution is 2.36. The molecule has 0 bridgehead atoms. The second-order valence-corrected chi connectivity index (χ2v) is 6.39. The molecule has 1 heterocycles. The first-order chi connectivity index (χ1) is 8.44. The summed E-state index contributed by atoms with van der Waals surface area (Å²) in [6.07, 6.45) is 1.22. The van der Waals surface area contributed by atoms with Crippen molar-refractivity contribution in [2.75, 3.05) is 24.5 Å². The normalized spacial score (nSPS) is 23.2. The van der Waals surface area contributed by atoms with Gasteiger partial charge >= 0.3 is 0 Å². The topological polar surface area (TPSA) is 29.3 Å². The Kier molecular flexibility index (Phi) is 3.67. The fourth-order valence-corrected chi connectivity index (χ4v) is 2.78. The zero-order valence-corrected chi connectivity index (χ0v) is 12.2. The summed E-state index contributed by atoms with van der Waals surface area (Å²) in [5.74, 6) is 0.591. The molecule has 1 aromatic carbocycles. The number of hydrogen-bond acceptors (Lipinski definition) is 2. The van der Waals surface area contributed by atoms with Gasteiger partial charge in [-0.25, -0.2) is 0 Å². The van der Waals surface area contributed by atoms with Gasteiger partial charge in [0, 0.05) is 18.8 Å². The van der Waals surface area contributed by atoms with Crippen LogP contribution < -0.4 is 10.6 Å². The summed E-state index contributed by atoms with van der Waals surface area (Å²) in [6.45, 7) is 12.1. The summed E-state index contributed by atoms with van der Waals surface area (Å²) < 4.78 is 0. The summed E-state index contributed by atoms with van der Waals surface area (Å²) in [5.41, 5.74) is 10.4. The van der Waals surface area contributed by atoms with Gasteiger partial charge in [-0.15, -0.1) is 0 Å². The van der Waals surface area contributed by atoms with E-state index in [1.54, 1.807) is 0 Å². The standard InChI is InChI=1S/C16H26N2/c1-12-5-6-15(9-13(12)2)18-8-7-16(3,4)14(10-17)11-18/h5-6,9,14H,7-8,10-11,17H2,1-4H3. The highest BCUT2D eigenvalue weighted by atomic mass is 15.1. The molecule has 1 aliphatic heterocycles. The van der Waals surface area contributed by atoms with Gasteiger partial charge < -0.3 is 10.6 Å². The van der Waals surface area contributed by atoms with Crippen LogP contribution in [0.3, 0.4) is 0 Å². The summed E-state index contributed by atoms with van der Waals surface area (Å²) in [6, 6.07) is 6.78. The van der Waals surface area contributed by atoms with Crippen LogP contribution in [0.25, 0.3) is 0 Å². The molecular formula is C16H26N2. The predicted octanol–water partition coefficient (Wildman–Crippen LogP) is 3.11. The first kappa shape index (κ1) is 13.4. The Morgan fingerprint density at radius 2 is 2.00 bits per heavy atom. The van der Waals surface area contributed by atoms with Crippen molar-refractivity contribution in [3.8, 4) is 0 Å². The van der Waals surface area contributed by atoms with Crippen molar-refractivity contribution in [2.24, 2.45) is 17.1 Å². The van der Waals surface area contributed by atoms with Crippen molar-refractivity contribution in [1.29, 1.82) is 0 Å². The minimum Gasteiger partial charge on any atom is -0.371 e. The molecule has 1 saturated heterocycles. The first-order valence-corrected chi connectivity index (χ1v) is 6.96. The monoisotopic (exact) mass is 246 g/mol. The largest absolute Gasteiger partial charge is 0.371 e. The SMILES string of the molecule is Cc1ccc(N2CCC(C)(C)C(CN)C2)cc1C. The van der Waals surface area contributed by atoms with Gasteiger partial charge in [-0.1, -0.05) is 19.9 Å². The third-order valence-corrected chi connectivity index (χ3v) is 4.71. The van der Waals surface area contributed by atoms with Crippen LogP contribution in [0.4, 0.5) is 5.69 Å². The van der Waals surface area contributed by atoms with Crippen molar-refractivity contribution >= 4 is 5.69 Å². The minimum absolute atomic E-state index is 0.380. The van der Waals surface area contributed by atoms with Gasteiger partial charge in [-0.2, -0.15) is 0 Å². The van der Waals surface area contributed by atoms with Crippen LogP contribution >= 0.6 is 0 Å². The van der Waals surface area contributed by atoms with Crippen molar-refractivity contribution in [1.82, 2.24) is 0 Å². The number of nitrogens with zero attached hydrogens (tertiary/aromatic N) is 1. The average molecular weight is 246 g/mol. The Hall–Kier alpha value is -1.02. The van der Waals surface area contributed by atoms with Gasteiger partial charge in [0.1, 0.15) is 0 Å². The minimum atomic E-state index is 0.380. The van der Waals surface area contributed by atoms with E-state index in [-0.39, 0.29) is 0 Å². The molecule has 2 nitrogen and oxygen atoms in total. The van der Waals surface area contributed by atoms with Crippen molar-refractivity contribution in [2.45, 2.75) is 34.1 Å². The van der Waals surface area contributed by atoms with Gasteiger partial charge in [0.15, 0.2) is 0 Å². The Morgan fingerprint density at radius 1 is 1.28 bits per heavy atom. The van der Waals surface area contributed by atoms with Crippen LogP contribution in [0.15, 0.2) is 18.2 Å². The molecule has 0 spiro atoms. The Bertz CT molecular complexity index is 423. The van der Waals surface area contributed by atoms with Crippen LogP contribution in [0.1, 0.15) is 31.4 Å². The van der Waals surface area contributed by atoms with Crippen LogP contribution in [0.2, 0.25) is 0 Å². The lowest BCUT2D eigenvalue weighted by Gasteiger charge is -2.44. The van der Waals surface area contributed by atoms with Crippen LogP contribution in [-0.2, 0) is 0 Å². The zero-order chi connectivity index (χ0) is 13.3. The van der Waals surface area contributed by atoms with Gasteiger partial charge in [-0.05, 0) is 61.4 Å². The number of hydrogen-bond donors (Lipinski definition) is 1. The molecule has 0 radical (unpaired) electrons. The predicted molar refractivity (Wildman–Crippen MR) is 79.1 cm³/mol. The molecule has 0 aliphatic carbocycles. The molecule has 1 unspecified atom stereocenters. The maximum absolute atomic E-state index is 5.95. The van der Waals surface area contributed by atoms with Crippen LogP contribution in [-0.4, -0.2) is 19.6 Å². The van der Waals surface area contributed by atoms with E-state index >= 15 is 0 Å². The maximum atomic E-state index is 5.95. The third-order valence-electron chi connectivity index (χ3n) is 4.71. The molecule has 0 saturated carbocycles. The number of piperidine rings is 1. The van der Waals surface area contributed by atoms with E-state index in [1.165, 1.54) is 23.2 Å².